The number of nitrogens with zero attached hydrogens (tertiary/aromatic N) is 1. The van der Waals surface area contributed by atoms with Gasteiger partial charge in [0.15, 0.2) is 0 Å². The number of hydrogen-bond donors (Lipinski definition) is 4. The van der Waals surface area contributed by atoms with Gasteiger partial charge in [0.2, 0.25) is 5.91 Å². The summed E-state index contributed by atoms with van der Waals surface area (Å²) in [6.07, 6.45) is 0.852. The van der Waals surface area contributed by atoms with E-state index in [-0.39, 0.29) is 30.7 Å². The Labute approximate surface area is 196 Å². The average Bonchev–Trinajstić information content (AvgIpc) is 3.11. The number of carboxylic acids is 1. The molecule has 4 N–H and O–H groups in total. The number of carboxylic acid groups (broad SMARTS) is 1. The molecular weight excluding hydrogens is 444 g/mol. The number of urea groups is 1. The van der Waals surface area contributed by atoms with Crippen molar-refractivity contribution in [3.8, 4) is 0 Å². The van der Waals surface area contributed by atoms with E-state index in [0.29, 0.717) is 49.6 Å². The van der Waals surface area contributed by atoms with Gasteiger partial charge >= 0.3 is 12.0 Å². The molecule has 0 radical (unpaired) electrons. The highest BCUT2D eigenvalue weighted by Gasteiger charge is 2.40. The van der Waals surface area contributed by atoms with Gasteiger partial charge in [-0.15, -0.1) is 11.3 Å². The molecule has 1 aliphatic rings. The van der Waals surface area contributed by atoms with Gasteiger partial charge in [0, 0.05) is 42.7 Å². The summed E-state index contributed by atoms with van der Waals surface area (Å²) in [5.41, 5.74) is -0.239. The second-order valence-electron chi connectivity index (χ2n) is 8.28. The molecule has 0 unspecified atom stereocenters. The maximum Gasteiger partial charge on any atom is 0.319 e. The molecule has 33 heavy (non-hydrogen) atoms. The number of thiophene rings is 1. The molecule has 1 aromatic carbocycles. The van der Waals surface area contributed by atoms with Crippen molar-refractivity contribution in [2.24, 2.45) is 5.41 Å². The lowest BCUT2D eigenvalue weighted by atomic mass is 9.72. The number of amides is 4. The van der Waals surface area contributed by atoms with Crippen molar-refractivity contribution in [1.29, 1.82) is 0 Å². The number of carbonyl (C=O) groups excluding carboxylic acids is 3. The van der Waals surface area contributed by atoms with Crippen molar-refractivity contribution in [2.45, 2.75) is 39.5 Å². The van der Waals surface area contributed by atoms with Crippen LogP contribution in [0.2, 0.25) is 0 Å². The number of rotatable bonds is 8. The lowest BCUT2D eigenvalue weighted by molar-refractivity contribution is -0.141. The Morgan fingerprint density at radius 2 is 1.70 bits per heavy atom. The van der Waals surface area contributed by atoms with Gasteiger partial charge < -0.3 is 20.6 Å². The second kappa shape index (κ2) is 10.7. The van der Waals surface area contributed by atoms with Crippen LogP contribution in [0.25, 0.3) is 10.1 Å². The predicted molar refractivity (Wildman–Crippen MR) is 128 cm³/mol. The van der Waals surface area contributed by atoms with Crippen LogP contribution in [0, 0.1) is 5.41 Å². The van der Waals surface area contributed by atoms with Gasteiger partial charge in [-0.25, -0.2) is 4.79 Å². The zero-order chi connectivity index (χ0) is 24.0. The van der Waals surface area contributed by atoms with E-state index in [1.807, 2.05) is 38.1 Å². The van der Waals surface area contributed by atoms with Crippen LogP contribution in [0.5, 0.6) is 0 Å². The Hall–Kier alpha value is -3.14. The highest BCUT2D eigenvalue weighted by molar-refractivity contribution is 7.23. The zero-order valence-corrected chi connectivity index (χ0v) is 19.7. The highest BCUT2D eigenvalue weighted by atomic mass is 32.1. The number of piperidine rings is 1. The van der Waals surface area contributed by atoms with E-state index in [0.717, 1.165) is 10.1 Å². The number of benzene rings is 1. The summed E-state index contributed by atoms with van der Waals surface area (Å²) in [4.78, 5) is 51.1. The van der Waals surface area contributed by atoms with Gasteiger partial charge in [0.05, 0.1) is 12.0 Å². The van der Waals surface area contributed by atoms with Gasteiger partial charge in [0.25, 0.3) is 5.91 Å². The fourth-order valence-corrected chi connectivity index (χ4v) is 5.42. The van der Waals surface area contributed by atoms with Crippen LogP contribution in [0.3, 0.4) is 0 Å². The van der Waals surface area contributed by atoms with Crippen molar-refractivity contribution >= 4 is 50.2 Å². The second-order valence-corrected chi connectivity index (χ2v) is 9.33. The zero-order valence-electron chi connectivity index (χ0n) is 18.9. The van der Waals surface area contributed by atoms with Crippen LogP contribution in [0.1, 0.15) is 49.9 Å². The van der Waals surface area contributed by atoms with Crippen molar-refractivity contribution in [2.75, 3.05) is 31.5 Å². The first-order valence-corrected chi connectivity index (χ1v) is 11.9. The van der Waals surface area contributed by atoms with E-state index in [2.05, 4.69) is 16.0 Å². The third-order valence-electron chi connectivity index (χ3n) is 5.92. The molecule has 2 aromatic rings. The van der Waals surface area contributed by atoms with Crippen molar-refractivity contribution < 1.29 is 24.3 Å². The van der Waals surface area contributed by atoms with Crippen molar-refractivity contribution in [3.05, 3.63) is 29.8 Å². The summed E-state index contributed by atoms with van der Waals surface area (Å²) >= 11 is 1.34. The first kappa shape index (κ1) is 24.5. The molecule has 178 valence electrons. The Bertz CT molecular complexity index is 1040. The standard InChI is InChI=1S/C23H30N4O5S/c1-3-24-17(28)13-23(14-18(29)30)9-11-27(12-10-23)21(31)19-15-7-5-6-8-16(15)33-20(19)26-22(32)25-4-2/h5-8H,3-4,9-14H2,1-2H3,(H,24,28)(H,29,30)(H2,25,26,32). The molecule has 0 bridgehead atoms. The summed E-state index contributed by atoms with van der Waals surface area (Å²) < 4.78 is 0.890. The van der Waals surface area contributed by atoms with Crippen LogP contribution in [0.15, 0.2) is 24.3 Å². The fourth-order valence-electron chi connectivity index (χ4n) is 4.33. The monoisotopic (exact) mass is 474 g/mol. The average molecular weight is 475 g/mol. The fraction of sp³-hybridized carbons (Fsp3) is 0.478. The SMILES string of the molecule is CCNC(=O)CC1(CC(=O)O)CCN(C(=O)c2c(NC(=O)NCC)sc3ccccc23)CC1. The number of nitrogens with one attached hydrogen (secondary N) is 3. The third-order valence-corrected chi connectivity index (χ3v) is 7.01. The highest BCUT2D eigenvalue weighted by Crippen LogP contribution is 2.41. The minimum absolute atomic E-state index is 0.114. The maximum absolute atomic E-state index is 13.6. The topological polar surface area (TPSA) is 128 Å². The molecule has 3 rings (SSSR count). The Morgan fingerprint density at radius 1 is 1.03 bits per heavy atom. The minimum Gasteiger partial charge on any atom is -0.481 e. The lowest BCUT2D eigenvalue weighted by Crippen LogP contribution is -2.46. The van der Waals surface area contributed by atoms with Crippen LogP contribution < -0.4 is 16.0 Å². The number of fused-ring (bicyclic) bond motifs is 1. The van der Waals surface area contributed by atoms with E-state index < -0.39 is 11.4 Å². The van der Waals surface area contributed by atoms with E-state index in [1.54, 1.807) is 4.90 Å². The molecule has 0 saturated carbocycles. The van der Waals surface area contributed by atoms with E-state index in [4.69, 9.17) is 0 Å². The summed E-state index contributed by atoms with van der Waals surface area (Å²) in [7, 11) is 0. The third kappa shape index (κ3) is 5.81. The van der Waals surface area contributed by atoms with Gasteiger partial charge in [0.1, 0.15) is 5.00 Å². The lowest BCUT2D eigenvalue weighted by Gasteiger charge is -2.40. The largest absolute Gasteiger partial charge is 0.481 e. The number of carbonyl (C=O) groups is 4. The van der Waals surface area contributed by atoms with Gasteiger partial charge in [-0.2, -0.15) is 0 Å². The summed E-state index contributed by atoms with van der Waals surface area (Å²) in [6, 6.07) is 7.11. The van der Waals surface area contributed by atoms with Crippen LogP contribution >= 0.6 is 11.3 Å². The molecule has 9 nitrogen and oxygen atoms in total. The van der Waals surface area contributed by atoms with Gasteiger partial charge in [-0.3, -0.25) is 19.7 Å². The normalized spacial score (nSPS) is 15.2. The first-order chi connectivity index (χ1) is 15.8. The molecule has 0 spiro atoms. The Kier molecular flexibility index (Phi) is 7.91. The van der Waals surface area contributed by atoms with Crippen LogP contribution in [0.4, 0.5) is 9.80 Å². The molecule has 1 fully saturated rings. The predicted octanol–water partition coefficient (Wildman–Crippen LogP) is 3.27. The first-order valence-electron chi connectivity index (χ1n) is 11.1. The number of hydrogen-bond acceptors (Lipinski definition) is 5. The minimum atomic E-state index is -0.948. The molecule has 0 atom stereocenters. The molecule has 10 heteroatoms. The summed E-state index contributed by atoms with van der Waals surface area (Å²) in [5.74, 6) is -1.33. The number of likely N-dealkylation sites (tertiary alicyclic amines) is 1. The molecular formula is C23H30N4O5S. The van der Waals surface area contributed by atoms with Gasteiger partial charge in [-0.1, -0.05) is 18.2 Å². The van der Waals surface area contributed by atoms with E-state index in [9.17, 15) is 24.3 Å². The number of anilines is 1. The maximum atomic E-state index is 13.6. The summed E-state index contributed by atoms with van der Waals surface area (Å²) in [5, 5.41) is 18.9. The van der Waals surface area contributed by atoms with Crippen molar-refractivity contribution in [1.82, 2.24) is 15.5 Å². The molecule has 0 aliphatic carbocycles. The smallest absolute Gasteiger partial charge is 0.319 e. The molecule has 1 saturated heterocycles. The van der Waals surface area contributed by atoms with E-state index in [1.165, 1.54) is 11.3 Å². The molecule has 4 amide bonds. The van der Waals surface area contributed by atoms with Crippen molar-refractivity contribution in [3.63, 3.8) is 0 Å². The molecule has 1 aromatic heterocycles. The Balaban J connectivity index is 1.83. The van der Waals surface area contributed by atoms with Gasteiger partial charge in [-0.05, 0) is 38.2 Å². The van der Waals surface area contributed by atoms with Crippen LogP contribution in [-0.2, 0) is 9.59 Å². The quantitative estimate of drug-likeness (QED) is 0.467. The summed E-state index contributed by atoms with van der Waals surface area (Å²) in [6.45, 7) is 5.27. The number of aliphatic carboxylic acids is 1. The Morgan fingerprint density at radius 3 is 2.33 bits per heavy atom. The molecule has 2 heterocycles. The van der Waals surface area contributed by atoms with E-state index >= 15 is 0 Å². The van der Waals surface area contributed by atoms with Crippen LogP contribution in [-0.4, -0.2) is 60.0 Å². The molecule has 1 aliphatic heterocycles.